The van der Waals surface area contributed by atoms with E-state index in [-0.39, 0.29) is 29.9 Å². The molecule has 0 saturated heterocycles. The molecule has 0 amide bonds. The summed E-state index contributed by atoms with van der Waals surface area (Å²) in [5.74, 6) is -0.509. The molecule has 228 valence electrons. The summed E-state index contributed by atoms with van der Waals surface area (Å²) in [6, 6.07) is 9.66. The lowest BCUT2D eigenvalue weighted by atomic mass is 9.97. The predicted octanol–water partition coefficient (Wildman–Crippen LogP) is 7.78. The summed E-state index contributed by atoms with van der Waals surface area (Å²) in [6.45, 7) is 7.48. The molecule has 5 rings (SSSR count). The molecule has 0 unspecified atom stereocenters. The van der Waals surface area contributed by atoms with E-state index in [1.54, 1.807) is 0 Å². The highest BCUT2D eigenvalue weighted by molar-refractivity contribution is 6.29. The molecule has 0 spiro atoms. The molecule has 8 heteroatoms. The number of allylic oxidation sites excluding steroid dienone is 2. The Morgan fingerprint density at radius 3 is 2.16 bits per heavy atom. The SMILES string of the molecule is C=C(CCc1[nH]c(C=C2N=C(c3ccccc3)C(C(=O)OC3CCCCC3)=C2C)c(C)c1C(=O)OC1CCCCC1)OO. The van der Waals surface area contributed by atoms with E-state index in [2.05, 4.69) is 16.5 Å². The van der Waals surface area contributed by atoms with Gasteiger partial charge in [-0.25, -0.2) is 19.8 Å². The number of hydrogen-bond acceptors (Lipinski definition) is 7. The first-order valence-corrected chi connectivity index (χ1v) is 15.6. The van der Waals surface area contributed by atoms with Crippen molar-refractivity contribution in [2.75, 3.05) is 0 Å². The van der Waals surface area contributed by atoms with Crippen molar-refractivity contribution >= 4 is 23.7 Å². The van der Waals surface area contributed by atoms with Crippen LogP contribution in [0.15, 0.2) is 64.5 Å². The summed E-state index contributed by atoms with van der Waals surface area (Å²) in [6.07, 6.45) is 12.5. The molecule has 1 aromatic heterocycles. The number of aromatic nitrogens is 1. The van der Waals surface area contributed by atoms with Crippen LogP contribution < -0.4 is 0 Å². The van der Waals surface area contributed by atoms with Gasteiger partial charge in [0.2, 0.25) is 0 Å². The number of hydrogen-bond donors (Lipinski definition) is 2. The highest BCUT2D eigenvalue weighted by atomic mass is 17.1. The van der Waals surface area contributed by atoms with E-state index in [9.17, 15) is 9.59 Å². The van der Waals surface area contributed by atoms with Crippen LogP contribution in [0.2, 0.25) is 0 Å². The third kappa shape index (κ3) is 7.19. The highest BCUT2D eigenvalue weighted by Crippen LogP contribution is 2.34. The van der Waals surface area contributed by atoms with E-state index >= 15 is 0 Å². The summed E-state index contributed by atoms with van der Waals surface area (Å²) in [5, 5.41) is 9.01. The van der Waals surface area contributed by atoms with Crippen molar-refractivity contribution in [2.24, 2.45) is 4.99 Å². The van der Waals surface area contributed by atoms with Crippen molar-refractivity contribution in [1.29, 1.82) is 0 Å². The standard InChI is InChI=1S/C35H42N2O6/c1-22(43-40)19-20-28-31(34(38)41-26-15-9-5-10-16-26)23(2)29(36-28)21-30-24(3)32(33(37-30)25-13-7-4-8-14-25)35(39)42-27-17-11-6-12-18-27/h4,7-8,13-14,21,26-27,36,40H,1,5-6,9-12,15-20H2,2-3H3. The second kappa shape index (κ2) is 14.0. The smallest absolute Gasteiger partial charge is 0.340 e. The first kappa shape index (κ1) is 30.5. The molecule has 0 bridgehead atoms. The molecule has 2 aliphatic carbocycles. The van der Waals surface area contributed by atoms with Gasteiger partial charge in [-0.2, -0.15) is 0 Å². The average Bonchev–Trinajstić information content (AvgIpc) is 3.52. The van der Waals surface area contributed by atoms with Crippen molar-refractivity contribution in [2.45, 2.75) is 103 Å². The summed E-state index contributed by atoms with van der Waals surface area (Å²) >= 11 is 0. The molecule has 0 radical (unpaired) electrons. The molecule has 2 heterocycles. The number of carbonyl (C=O) groups excluding carboxylic acids is 2. The van der Waals surface area contributed by atoms with Crippen LogP contribution in [0.5, 0.6) is 0 Å². The zero-order valence-electron chi connectivity index (χ0n) is 25.2. The van der Waals surface area contributed by atoms with Gasteiger partial charge < -0.3 is 19.3 Å². The molecular weight excluding hydrogens is 544 g/mol. The van der Waals surface area contributed by atoms with Gasteiger partial charge in [0.05, 0.1) is 22.5 Å². The molecule has 2 aromatic rings. The summed E-state index contributed by atoms with van der Waals surface area (Å²) in [4.78, 5) is 39.7. The molecule has 1 aliphatic heterocycles. The predicted molar refractivity (Wildman–Crippen MR) is 166 cm³/mol. The Labute approximate surface area is 253 Å². The summed E-state index contributed by atoms with van der Waals surface area (Å²) < 4.78 is 11.9. The zero-order chi connectivity index (χ0) is 30.3. The second-order valence-electron chi connectivity index (χ2n) is 11.8. The van der Waals surface area contributed by atoms with E-state index in [1.807, 2.05) is 50.3 Å². The van der Waals surface area contributed by atoms with Crippen LogP contribution in [-0.2, 0) is 25.6 Å². The van der Waals surface area contributed by atoms with Crippen molar-refractivity contribution in [3.8, 4) is 0 Å². The fraction of sp³-hybridized carbons (Fsp3) is 0.457. The lowest BCUT2D eigenvalue weighted by Crippen LogP contribution is -2.24. The number of aromatic amines is 1. The van der Waals surface area contributed by atoms with Gasteiger partial charge in [-0.1, -0.05) is 49.8 Å². The summed E-state index contributed by atoms with van der Waals surface area (Å²) in [5.41, 5.74) is 5.84. The Bertz CT molecular complexity index is 1440. The van der Waals surface area contributed by atoms with Gasteiger partial charge in [0.25, 0.3) is 0 Å². The van der Waals surface area contributed by atoms with Gasteiger partial charge in [-0.3, -0.25) is 0 Å². The number of esters is 2. The van der Waals surface area contributed by atoms with Crippen molar-refractivity contribution in [3.63, 3.8) is 0 Å². The van der Waals surface area contributed by atoms with E-state index in [1.165, 1.54) is 6.42 Å². The van der Waals surface area contributed by atoms with E-state index < -0.39 is 0 Å². The number of rotatable bonds is 10. The molecule has 0 atom stereocenters. The minimum absolute atomic E-state index is 0.0739. The quantitative estimate of drug-likeness (QED) is 0.127. The van der Waals surface area contributed by atoms with E-state index in [4.69, 9.17) is 19.7 Å². The molecule has 3 aliphatic rings. The van der Waals surface area contributed by atoms with Gasteiger partial charge in [0.1, 0.15) is 18.0 Å². The number of nitrogens with zero attached hydrogens (tertiary/aromatic N) is 1. The number of aryl methyl sites for hydroxylation is 1. The zero-order valence-corrected chi connectivity index (χ0v) is 25.2. The van der Waals surface area contributed by atoms with Crippen molar-refractivity contribution < 1.29 is 29.2 Å². The first-order valence-electron chi connectivity index (χ1n) is 15.6. The van der Waals surface area contributed by atoms with Gasteiger partial charge in [-0.05, 0) is 88.8 Å². The fourth-order valence-corrected chi connectivity index (χ4v) is 6.28. The van der Waals surface area contributed by atoms with E-state index in [0.717, 1.165) is 74.5 Å². The number of H-pyrrole nitrogens is 1. The number of benzene rings is 1. The number of carbonyl (C=O) groups is 2. The van der Waals surface area contributed by atoms with Gasteiger partial charge >= 0.3 is 11.9 Å². The Kier molecular flexibility index (Phi) is 9.97. The topological polar surface area (TPSA) is 110 Å². The van der Waals surface area contributed by atoms with Gasteiger partial charge in [0, 0.05) is 23.4 Å². The van der Waals surface area contributed by atoms with Crippen LogP contribution in [0.3, 0.4) is 0 Å². The van der Waals surface area contributed by atoms with Gasteiger partial charge in [-0.15, -0.1) is 0 Å². The van der Waals surface area contributed by atoms with Crippen molar-refractivity contribution in [3.05, 3.63) is 87.6 Å². The molecule has 8 nitrogen and oxygen atoms in total. The molecular formula is C35H42N2O6. The Balaban J connectivity index is 1.50. The number of ether oxygens (including phenoxy) is 2. The van der Waals surface area contributed by atoms with E-state index in [0.29, 0.717) is 46.8 Å². The third-order valence-electron chi connectivity index (χ3n) is 8.77. The lowest BCUT2D eigenvalue weighted by Gasteiger charge is -2.22. The largest absolute Gasteiger partial charge is 0.459 e. The normalized spacial score (nSPS) is 19.0. The molecule has 1 aromatic carbocycles. The molecule has 43 heavy (non-hydrogen) atoms. The Morgan fingerprint density at radius 2 is 1.56 bits per heavy atom. The Morgan fingerprint density at radius 1 is 0.953 bits per heavy atom. The monoisotopic (exact) mass is 586 g/mol. The first-order chi connectivity index (χ1) is 20.9. The Hall–Kier alpha value is -3.91. The van der Waals surface area contributed by atoms with Crippen LogP contribution in [0.25, 0.3) is 6.08 Å². The maximum atomic E-state index is 13.6. The van der Waals surface area contributed by atoms with Crippen LogP contribution in [-0.4, -0.2) is 40.1 Å². The molecule has 2 fully saturated rings. The maximum absolute atomic E-state index is 13.6. The lowest BCUT2D eigenvalue weighted by molar-refractivity contribution is -0.205. The highest BCUT2D eigenvalue weighted by Gasteiger charge is 2.32. The van der Waals surface area contributed by atoms with Crippen LogP contribution in [0, 0.1) is 6.92 Å². The van der Waals surface area contributed by atoms with Crippen LogP contribution in [0.4, 0.5) is 0 Å². The minimum atomic E-state index is -0.361. The van der Waals surface area contributed by atoms with Gasteiger partial charge in [0.15, 0.2) is 0 Å². The van der Waals surface area contributed by atoms with Crippen LogP contribution in [0.1, 0.15) is 110 Å². The van der Waals surface area contributed by atoms with Crippen molar-refractivity contribution in [1.82, 2.24) is 4.98 Å². The number of nitrogens with one attached hydrogen (secondary N) is 1. The average molecular weight is 587 g/mol. The summed E-state index contributed by atoms with van der Waals surface area (Å²) in [7, 11) is 0. The maximum Gasteiger partial charge on any atom is 0.340 e. The fourth-order valence-electron chi connectivity index (χ4n) is 6.28. The molecule has 2 N–H and O–H groups in total. The number of aliphatic imine (C=N–C) groups is 1. The third-order valence-corrected chi connectivity index (χ3v) is 8.77. The minimum Gasteiger partial charge on any atom is -0.459 e. The second-order valence-corrected chi connectivity index (χ2v) is 11.8. The molecule has 2 saturated carbocycles. The van der Waals surface area contributed by atoms with Crippen LogP contribution >= 0.6 is 0 Å².